The third kappa shape index (κ3) is 1.72. The van der Waals surface area contributed by atoms with Gasteiger partial charge in [-0.15, -0.1) is 0 Å². The SMILES string of the molecule is CCN1CN2C=C(O)C(O)C(O)=C2C(=O)N1CC. The van der Waals surface area contributed by atoms with Gasteiger partial charge in [0.25, 0.3) is 5.91 Å². The third-order valence-corrected chi connectivity index (χ3v) is 3.12. The number of carbonyl (C=O) groups is 1. The maximum atomic E-state index is 12.2. The number of hydrazine groups is 1. The Balaban J connectivity index is 2.41. The van der Waals surface area contributed by atoms with Gasteiger partial charge in [0.05, 0.1) is 6.67 Å². The van der Waals surface area contributed by atoms with Crippen molar-refractivity contribution in [1.82, 2.24) is 14.9 Å². The minimum absolute atomic E-state index is 0.0202. The first kappa shape index (κ1) is 12.7. The maximum Gasteiger partial charge on any atom is 0.288 e. The number of hydrogen-bond acceptors (Lipinski definition) is 6. The highest BCUT2D eigenvalue weighted by molar-refractivity contribution is 5.94. The average Bonchev–Trinajstić information content (AvgIpc) is 2.35. The van der Waals surface area contributed by atoms with Crippen molar-refractivity contribution in [2.24, 2.45) is 0 Å². The number of fused-ring (bicyclic) bond motifs is 1. The molecule has 2 aliphatic rings. The number of nitrogens with zero attached hydrogens (tertiary/aromatic N) is 3. The summed E-state index contributed by atoms with van der Waals surface area (Å²) in [5.41, 5.74) is 0.0202. The zero-order chi connectivity index (χ0) is 13.4. The highest BCUT2D eigenvalue weighted by atomic mass is 16.4. The lowest BCUT2D eigenvalue weighted by Crippen LogP contribution is -2.58. The molecule has 0 radical (unpaired) electrons. The van der Waals surface area contributed by atoms with Gasteiger partial charge in [-0.25, -0.2) is 0 Å². The molecule has 0 aromatic rings. The molecule has 2 aliphatic heterocycles. The molecule has 1 unspecified atom stereocenters. The number of likely N-dealkylation sites (N-methyl/N-ethyl adjacent to an activating group) is 1. The largest absolute Gasteiger partial charge is 0.508 e. The zero-order valence-corrected chi connectivity index (χ0v) is 10.4. The summed E-state index contributed by atoms with van der Waals surface area (Å²) in [6.07, 6.45) is -0.250. The van der Waals surface area contributed by atoms with Crippen molar-refractivity contribution in [3.63, 3.8) is 0 Å². The van der Waals surface area contributed by atoms with Crippen LogP contribution in [0.15, 0.2) is 23.4 Å². The molecule has 0 spiro atoms. The van der Waals surface area contributed by atoms with Crippen molar-refractivity contribution in [2.45, 2.75) is 20.0 Å². The molecule has 1 fully saturated rings. The summed E-state index contributed by atoms with van der Waals surface area (Å²) in [6, 6.07) is 0. The van der Waals surface area contributed by atoms with E-state index >= 15 is 0 Å². The van der Waals surface area contributed by atoms with E-state index in [1.165, 1.54) is 16.1 Å². The second kappa shape index (κ2) is 4.51. The van der Waals surface area contributed by atoms with Crippen LogP contribution in [0.4, 0.5) is 0 Å². The van der Waals surface area contributed by atoms with Crippen LogP contribution in [0, 0.1) is 0 Å². The lowest BCUT2D eigenvalue weighted by atomic mass is 10.1. The summed E-state index contributed by atoms with van der Waals surface area (Å²) in [7, 11) is 0. The Morgan fingerprint density at radius 3 is 2.56 bits per heavy atom. The molecular formula is C11H17N3O4. The molecule has 0 bridgehead atoms. The lowest BCUT2D eigenvalue weighted by molar-refractivity contribution is -0.157. The van der Waals surface area contributed by atoms with E-state index in [0.717, 1.165) is 0 Å². The van der Waals surface area contributed by atoms with Gasteiger partial charge in [-0.1, -0.05) is 6.92 Å². The number of aliphatic hydroxyl groups excluding tert-OH is 3. The molecule has 2 heterocycles. The van der Waals surface area contributed by atoms with Gasteiger partial charge in [-0.05, 0) is 6.92 Å². The fraction of sp³-hybridized carbons (Fsp3) is 0.545. The first-order chi connectivity index (χ1) is 8.51. The van der Waals surface area contributed by atoms with Gasteiger partial charge < -0.3 is 20.2 Å². The van der Waals surface area contributed by atoms with Crippen molar-refractivity contribution >= 4 is 5.91 Å². The second-order valence-electron chi connectivity index (χ2n) is 4.15. The fourth-order valence-electron chi connectivity index (χ4n) is 2.17. The van der Waals surface area contributed by atoms with E-state index in [-0.39, 0.29) is 17.4 Å². The Labute approximate surface area is 105 Å². The summed E-state index contributed by atoms with van der Waals surface area (Å²) >= 11 is 0. The van der Waals surface area contributed by atoms with Crippen molar-refractivity contribution in [3.05, 3.63) is 23.4 Å². The number of hydrogen-bond donors (Lipinski definition) is 3. The molecule has 0 aromatic carbocycles. The molecule has 0 aromatic heterocycles. The van der Waals surface area contributed by atoms with Crippen LogP contribution in [0.5, 0.6) is 0 Å². The second-order valence-corrected chi connectivity index (χ2v) is 4.15. The molecule has 7 nitrogen and oxygen atoms in total. The van der Waals surface area contributed by atoms with Crippen molar-refractivity contribution < 1.29 is 20.1 Å². The Hall–Kier alpha value is -1.73. The number of carbonyl (C=O) groups excluding carboxylic acids is 1. The van der Waals surface area contributed by atoms with Gasteiger partial charge in [0, 0.05) is 19.3 Å². The number of amides is 1. The summed E-state index contributed by atoms with van der Waals surface area (Å²) < 4.78 is 0. The first-order valence-electron chi connectivity index (χ1n) is 5.86. The van der Waals surface area contributed by atoms with Gasteiger partial charge in [-0.3, -0.25) is 9.80 Å². The minimum Gasteiger partial charge on any atom is -0.508 e. The summed E-state index contributed by atoms with van der Waals surface area (Å²) in [6.45, 7) is 5.18. The summed E-state index contributed by atoms with van der Waals surface area (Å²) in [5.74, 6) is -1.26. The van der Waals surface area contributed by atoms with E-state index in [0.29, 0.717) is 19.8 Å². The predicted octanol–water partition coefficient (Wildman–Crippen LogP) is -0.112. The van der Waals surface area contributed by atoms with Crippen LogP contribution in [0.25, 0.3) is 0 Å². The molecule has 2 rings (SSSR count). The molecule has 1 atom stereocenters. The van der Waals surface area contributed by atoms with Crippen molar-refractivity contribution in [3.8, 4) is 0 Å². The normalized spacial score (nSPS) is 25.4. The molecule has 18 heavy (non-hydrogen) atoms. The predicted molar refractivity (Wildman–Crippen MR) is 62.8 cm³/mol. The van der Waals surface area contributed by atoms with Crippen molar-refractivity contribution in [2.75, 3.05) is 19.8 Å². The number of aliphatic hydroxyl groups is 3. The Bertz CT molecular complexity index is 432. The monoisotopic (exact) mass is 255 g/mol. The third-order valence-electron chi connectivity index (χ3n) is 3.12. The Morgan fingerprint density at radius 1 is 1.33 bits per heavy atom. The van der Waals surface area contributed by atoms with Gasteiger partial charge in [0.2, 0.25) is 0 Å². The highest BCUT2D eigenvalue weighted by Crippen LogP contribution is 2.28. The van der Waals surface area contributed by atoms with Crippen LogP contribution in [0.3, 0.4) is 0 Å². The van der Waals surface area contributed by atoms with Crippen LogP contribution in [0.2, 0.25) is 0 Å². The maximum absolute atomic E-state index is 12.2. The quantitative estimate of drug-likeness (QED) is 0.638. The molecule has 0 aliphatic carbocycles. The minimum atomic E-state index is -1.52. The fourth-order valence-corrected chi connectivity index (χ4v) is 2.17. The van der Waals surface area contributed by atoms with Gasteiger partial charge >= 0.3 is 0 Å². The summed E-state index contributed by atoms with van der Waals surface area (Å²) in [4.78, 5) is 13.7. The highest BCUT2D eigenvalue weighted by Gasteiger charge is 2.40. The standard InChI is InChI=1S/C11H17N3O4/c1-3-13-6-12-5-7(15)9(16)10(17)8(12)11(18)14(13)4-2/h5,9,15-17H,3-4,6H2,1-2H3. The van der Waals surface area contributed by atoms with E-state index in [1.807, 2.05) is 13.8 Å². The summed E-state index contributed by atoms with van der Waals surface area (Å²) in [5, 5.41) is 32.1. The van der Waals surface area contributed by atoms with E-state index in [1.54, 1.807) is 5.01 Å². The first-order valence-corrected chi connectivity index (χ1v) is 5.86. The van der Waals surface area contributed by atoms with E-state index in [2.05, 4.69) is 0 Å². The van der Waals surface area contributed by atoms with Crippen LogP contribution >= 0.6 is 0 Å². The molecule has 7 heteroatoms. The smallest absolute Gasteiger partial charge is 0.288 e. The molecule has 3 N–H and O–H groups in total. The van der Waals surface area contributed by atoms with E-state index < -0.39 is 11.9 Å². The van der Waals surface area contributed by atoms with Crippen LogP contribution in [-0.2, 0) is 4.79 Å². The van der Waals surface area contributed by atoms with E-state index in [9.17, 15) is 20.1 Å². The molecule has 1 amide bonds. The van der Waals surface area contributed by atoms with Crippen LogP contribution in [-0.4, -0.2) is 62.0 Å². The molecule has 1 saturated heterocycles. The topological polar surface area (TPSA) is 87.5 Å². The van der Waals surface area contributed by atoms with Gasteiger partial charge in [-0.2, -0.15) is 5.01 Å². The van der Waals surface area contributed by atoms with Crippen molar-refractivity contribution in [1.29, 1.82) is 0 Å². The lowest BCUT2D eigenvalue weighted by Gasteiger charge is -2.44. The van der Waals surface area contributed by atoms with E-state index in [4.69, 9.17) is 0 Å². The van der Waals surface area contributed by atoms with Gasteiger partial charge in [0.1, 0.15) is 5.76 Å². The Kier molecular flexibility index (Phi) is 3.18. The average molecular weight is 255 g/mol. The van der Waals surface area contributed by atoms with Crippen LogP contribution in [0.1, 0.15) is 13.8 Å². The molecule has 100 valence electrons. The Morgan fingerprint density at radius 2 is 2.00 bits per heavy atom. The zero-order valence-electron chi connectivity index (χ0n) is 10.4. The van der Waals surface area contributed by atoms with Gasteiger partial charge in [0.15, 0.2) is 17.6 Å². The number of rotatable bonds is 2. The molecular weight excluding hydrogens is 238 g/mol. The van der Waals surface area contributed by atoms with Crippen LogP contribution < -0.4 is 0 Å². The molecule has 0 saturated carbocycles.